The molecular formula is C24H33N7. The number of hydrogen-bond donors (Lipinski definition) is 3. The summed E-state index contributed by atoms with van der Waals surface area (Å²) in [6.07, 6.45) is 2.56. The summed E-state index contributed by atoms with van der Waals surface area (Å²) in [6, 6.07) is 19.3. The van der Waals surface area contributed by atoms with Crippen molar-refractivity contribution in [2.75, 3.05) is 20.1 Å². The lowest BCUT2D eigenvalue weighted by Crippen LogP contribution is -2.40. The zero-order valence-corrected chi connectivity index (χ0v) is 18.7. The number of aromatic amines is 1. The number of nitrogens with one attached hydrogen (secondary N) is 3. The summed E-state index contributed by atoms with van der Waals surface area (Å²) in [7, 11) is 2.18. The second-order valence-corrected chi connectivity index (χ2v) is 7.69. The van der Waals surface area contributed by atoms with E-state index >= 15 is 0 Å². The number of H-pyrrole nitrogens is 1. The molecule has 0 amide bonds. The van der Waals surface area contributed by atoms with Gasteiger partial charge in [-0.3, -0.25) is 10.00 Å². The minimum Gasteiger partial charge on any atom is -0.357 e. The quantitative estimate of drug-likeness (QED) is 0.346. The van der Waals surface area contributed by atoms with Crippen LogP contribution < -0.4 is 10.6 Å². The molecule has 7 heteroatoms. The fourth-order valence-corrected chi connectivity index (χ4v) is 3.32. The Morgan fingerprint density at radius 3 is 2.65 bits per heavy atom. The van der Waals surface area contributed by atoms with Gasteiger partial charge in [-0.05, 0) is 44.5 Å². The Labute approximate surface area is 185 Å². The highest BCUT2D eigenvalue weighted by Crippen LogP contribution is 2.16. The van der Waals surface area contributed by atoms with Crippen LogP contribution in [-0.4, -0.2) is 52.2 Å². The average molecular weight is 420 g/mol. The molecular weight excluding hydrogens is 386 g/mol. The normalized spacial score (nSPS) is 12.7. The molecule has 3 N–H and O–H groups in total. The van der Waals surface area contributed by atoms with E-state index in [1.807, 2.05) is 12.1 Å². The van der Waals surface area contributed by atoms with E-state index in [0.717, 1.165) is 49.0 Å². The van der Waals surface area contributed by atoms with Crippen molar-refractivity contribution < 1.29 is 0 Å². The van der Waals surface area contributed by atoms with Crippen molar-refractivity contribution in [2.45, 2.75) is 39.4 Å². The van der Waals surface area contributed by atoms with Gasteiger partial charge in [-0.25, -0.2) is 9.98 Å². The summed E-state index contributed by atoms with van der Waals surface area (Å²) in [5.41, 5.74) is 3.48. The number of aliphatic imine (C=N–C) groups is 1. The maximum atomic E-state index is 4.75. The molecule has 0 aliphatic rings. The first kappa shape index (κ1) is 22.5. The first-order chi connectivity index (χ1) is 15.2. The molecule has 3 aromatic rings. The molecule has 0 spiro atoms. The molecule has 0 saturated carbocycles. The third kappa shape index (κ3) is 7.22. The van der Waals surface area contributed by atoms with Crippen LogP contribution >= 0.6 is 0 Å². The SMILES string of the molecule is CCNC(=NCc1cccc(-c2ncn[nH]2)c1)NCCC(C)N(C)Cc1ccccc1. The summed E-state index contributed by atoms with van der Waals surface area (Å²) >= 11 is 0. The van der Waals surface area contributed by atoms with Crippen molar-refractivity contribution in [1.29, 1.82) is 0 Å². The molecule has 0 radical (unpaired) electrons. The standard InChI is InChI=1S/C24H33N7/c1-4-25-24(26-14-13-19(2)31(3)17-20-9-6-5-7-10-20)27-16-21-11-8-12-22(15-21)23-28-18-29-30-23/h5-12,15,18-19H,4,13-14,16-17H2,1-3H3,(H2,25,26,27)(H,28,29,30). The van der Waals surface area contributed by atoms with Crippen molar-refractivity contribution >= 4 is 5.96 Å². The summed E-state index contributed by atoms with van der Waals surface area (Å²) in [4.78, 5) is 11.4. The highest BCUT2D eigenvalue weighted by atomic mass is 15.2. The minimum absolute atomic E-state index is 0.467. The zero-order chi connectivity index (χ0) is 21.9. The van der Waals surface area contributed by atoms with Crippen LogP contribution in [0.2, 0.25) is 0 Å². The van der Waals surface area contributed by atoms with Crippen LogP contribution in [0.3, 0.4) is 0 Å². The molecule has 1 unspecified atom stereocenters. The molecule has 0 aliphatic carbocycles. The molecule has 0 bridgehead atoms. The largest absolute Gasteiger partial charge is 0.357 e. The molecule has 1 aromatic heterocycles. The Morgan fingerprint density at radius 2 is 1.90 bits per heavy atom. The topological polar surface area (TPSA) is 81.2 Å². The number of hydrogen-bond acceptors (Lipinski definition) is 4. The van der Waals surface area contributed by atoms with E-state index in [9.17, 15) is 0 Å². The first-order valence-corrected chi connectivity index (χ1v) is 10.9. The highest BCUT2D eigenvalue weighted by molar-refractivity contribution is 5.79. The van der Waals surface area contributed by atoms with E-state index in [2.05, 4.69) is 94.1 Å². The van der Waals surface area contributed by atoms with Crippen LogP contribution in [0, 0.1) is 0 Å². The molecule has 0 fully saturated rings. The molecule has 0 saturated heterocycles. The van der Waals surface area contributed by atoms with E-state index < -0.39 is 0 Å². The van der Waals surface area contributed by atoms with Crippen LogP contribution in [0.15, 0.2) is 65.9 Å². The Morgan fingerprint density at radius 1 is 1.10 bits per heavy atom. The summed E-state index contributed by atoms with van der Waals surface area (Å²) < 4.78 is 0. The smallest absolute Gasteiger partial charge is 0.191 e. The Balaban J connectivity index is 1.50. The average Bonchev–Trinajstić information content (AvgIpc) is 3.33. The van der Waals surface area contributed by atoms with Crippen molar-refractivity contribution in [1.82, 2.24) is 30.7 Å². The molecule has 1 heterocycles. The van der Waals surface area contributed by atoms with Crippen molar-refractivity contribution in [3.05, 3.63) is 72.1 Å². The number of benzene rings is 2. The zero-order valence-electron chi connectivity index (χ0n) is 18.7. The second kappa shape index (κ2) is 11.9. The van der Waals surface area contributed by atoms with Crippen LogP contribution in [0.4, 0.5) is 0 Å². The fraction of sp³-hybridized carbons (Fsp3) is 0.375. The van der Waals surface area contributed by atoms with Gasteiger partial charge < -0.3 is 10.6 Å². The van der Waals surface area contributed by atoms with Gasteiger partial charge in [-0.2, -0.15) is 5.10 Å². The lowest BCUT2D eigenvalue weighted by Gasteiger charge is -2.25. The van der Waals surface area contributed by atoms with Crippen LogP contribution in [0.1, 0.15) is 31.4 Å². The fourth-order valence-electron chi connectivity index (χ4n) is 3.32. The predicted molar refractivity (Wildman–Crippen MR) is 127 cm³/mol. The molecule has 7 nitrogen and oxygen atoms in total. The summed E-state index contributed by atoms with van der Waals surface area (Å²) in [5, 5.41) is 13.6. The van der Waals surface area contributed by atoms with Gasteiger partial charge in [-0.15, -0.1) is 0 Å². The lowest BCUT2D eigenvalue weighted by molar-refractivity contribution is 0.238. The molecule has 31 heavy (non-hydrogen) atoms. The predicted octanol–water partition coefficient (Wildman–Crippen LogP) is 3.44. The first-order valence-electron chi connectivity index (χ1n) is 10.9. The maximum Gasteiger partial charge on any atom is 0.191 e. The summed E-state index contributed by atoms with van der Waals surface area (Å²) in [6.45, 7) is 7.60. The molecule has 3 rings (SSSR count). The van der Waals surface area contributed by atoms with Gasteiger partial charge in [0.15, 0.2) is 11.8 Å². The molecule has 164 valence electrons. The van der Waals surface area contributed by atoms with Gasteiger partial charge >= 0.3 is 0 Å². The Hall–Kier alpha value is -3.19. The summed E-state index contributed by atoms with van der Waals surface area (Å²) in [5.74, 6) is 1.61. The number of nitrogens with zero attached hydrogens (tertiary/aromatic N) is 4. The van der Waals surface area contributed by atoms with E-state index in [1.165, 1.54) is 11.9 Å². The van der Waals surface area contributed by atoms with Gasteiger partial charge in [-0.1, -0.05) is 48.5 Å². The minimum atomic E-state index is 0.467. The lowest BCUT2D eigenvalue weighted by atomic mass is 10.1. The third-order valence-corrected chi connectivity index (χ3v) is 5.26. The second-order valence-electron chi connectivity index (χ2n) is 7.69. The van der Waals surface area contributed by atoms with E-state index in [-0.39, 0.29) is 0 Å². The van der Waals surface area contributed by atoms with Gasteiger partial charge in [0.05, 0.1) is 6.54 Å². The van der Waals surface area contributed by atoms with E-state index in [1.54, 1.807) is 0 Å². The van der Waals surface area contributed by atoms with Crippen molar-refractivity contribution in [3.63, 3.8) is 0 Å². The van der Waals surface area contributed by atoms with E-state index in [4.69, 9.17) is 4.99 Å². The van der Waals surface area contributed by atoms with Gasteiger partial charge in [0.25, 0.3) is 0 Å². The van der Waals surface area contributed by atoms with Crippen molar-refractivity contribution in [2.24, 2.45) is 4.99 Å². The van der Waals surface area contributed by atoms with Crippen LogP contribution in [-0.2, 0) is 13.1 Å². The Kier molecular flexibility index (Phi) is 8.60. The molecule has 0 aliphatic heterocycles. The van der Waals surface area contributed by atoms with E-state index in [0.29, 0.717) is 12.6 Å². The Bertz CT molecular complexity index is 922. The van der Waals surface area contributed by atoms with Crippen LogP contribution in [0.25, 0.3) is 11.4 Å². The van der Waals surface area contributed by atoms with Gasteiger partial charge in [0.2, 0.25) is 0 Å². The van der Waals surface area contributed by atoms with Gasteiger partial charge in [0.1, 0.15) is 6.33 Å². The van der Waals surface area contributed by atoms with Crippen molar-refractivity contribution in [3.8, 4) is 11.4 Å². The maximum absolute atomic E-state index is 4.75. The molecule has 1 atom stereocenters. The number of guanidine groups is 1. The highest BCUT2D eigenvalue weighted by Gasteiger charge is 2.10. The number of aromatic nitrogens is 3. The monoisotopic (exact) mass is 419 g/mol. The molecule has 2 aromatic carbocycles. The number of rotatable bonds is 10. The van der Waals surface area contributed by atoms with Crippen LogP contribution in [0.5, 0.6) is 0 Å². The van der Waals surface area contributed by atoms with Gasteiger partial charge in [0, 0.05) is 31.2 Å². The third-order valence-electron chi connectivity index (χ3n) is 5.26.